The second kappa shape index (κ2) is 3.37. The Bertz CT molecular complexity index is 179. The minimum atomic E-state index is -0.897. The SMILES string of the molecule is CCC(C)(NC(C)=O)C(N)=O. The van der Waals surface area contributed by atoms with Crippen molar-refractivity contribution < 1.29 is 9.59 Å². The van der Waals surface area contributed by atoms with Gasteiger partial charge >= 0.3 is 0 Å². The van der Waals surface area contributed by atoms with Crippen LogP contribution < -0.4 is 11.1 Å². The van der Waals surface area contributed by atoms with Crippen LogP contribution in [0.2, 0.25) is 0 Å². The van der Waals surface area contributed by atoms with Gasteiger partial charge in [0.1, 0.15) is 5.54 Å². The summed E-state index contributed by atoms with van der Waals surface area (Å²) in [7, 11) is 0. The molecule has 0 aliphatic heterocycles. The molecular weight excluding hydrogens is 144 g/mol. The van der Waals surface area contributed by atoms with Crippen LogP contribution in [0.25, 0.3) is 0 Å². The Morgan fingerprint density at radius 2 is 2.00 bits per heavy atom. The Hall–Kier alpha value is -1.06. The van der Waals surface area contributed by atoms with E-state index in [1.165, 1.54) is 6.92 Å². The molecule has 0 heterocycles. The zero-order valence-electron chi connectivity index (χ0n) is 7.10. The van der Waals surface area contributed by atoms with E-state index in [2.05, 4.69) is 5.32 Å². The fraction of sp³-hybridized carbons (Fsp3) is 0.714. The number of rotatable bonds is 3. The van der Waals surface area contributed by atoms with E-state index in [0.717, 1.165) is 0 Å². The van der Waals surface area contributed by atoms with Gasteiger partial charge in [-0.15, -0.1) is 0 Å². The van der Waals surface area contributed by atoms with Crippen molar-refractivity contribution in [1.82, 2.24) is 5.32 Å². The zero-order valence-corrected chi connectivity index (χ0v) is 7.10. The van der Waals surface area contributed by atoms with Gasteiger partial charge in [0.15, 0.2) is 0 Å². The van der Waals surface area contributed by atoms with E-state index >= 15 is 0 Å². The fourth-order valence-corrected chi connectivity index (χ4v) is 0.713. The van der Waals surface area contributed by atoms with Crippen molar-refractivity contribution in [3.05, 3.63) is 0 Å². The number of carbonyl (C=O) groups excluding carboxylic acids is 2. The normalized spacial score (nSPS) is 15.2. The first-order chi connectivity index (χ1) is 4.92. The van der Waals surface area contributed by atoms with Gasteiger partial charge in [-0.25, -0.2) is 0 Å². The van der Waals surface area contributed by atoms with E-state index in [1.54, 1.807) is 13.8 Å². The molecule has 4 nitrogen and oxygen atoms in total. The molecule has 1 unspecified atom stereocenters. The number of hydrogen-bond donors (Lipinski definition) is 2. The first-order valence-electron chi connectivity index (χ1n) is 3.51. The lowest BCUT2D eigenvalue weighted by atomic mass is 9.98. The van der Waals surface area contributed by atoms with Crippen LogP contribution in [0.4, 0.5) is 0 Å². The molecule has 11 heavy (non-hydrogen) atoms. The van der Waals surface area contributed by atoms with Gasteiger partial charge in [-0.1, -0.05) is 6.92 Å². The number of carbonyl (C=O) groups is 2. The third-order valence-corrected chi connectivity index (χ3v) is 1.70. The Morgan fingerprint density at radius 3 is 2.09 bits per heavy atom. The molecule has 0 saturated carbocycles. The lowest BCUT2D eigenvalue weighted by Crippen LogP contribution is -2.54. The van der Waals surface area contributed by atoms with Crippen LogP contribution in [0.15, 0.2) is 0 Å². The van der Waals surface area contributed by atoms with E-state index in [9.17, 15) is 9.59 Å². The van der Waals surface area contributed by atoms with Crippen LogP contribution in [-0.4, -0.2) is 17.4 Å². The monoisotopic (exact) mass is 158 g/mol. The third-order valence-electron chi connectivity index (χ3n) is 1.70. The molecule has 1 atom stereocenters. The summed E-state index contributed by atoms with van der Waals surface area (Å²) in [6.45, 7) is 4.76. The molecule has 0 fully saturated rings. The highest BCUT2D eigenvalue weighted by Crippen LogP contribution is 2.06. The van der Waals surface area contributed by atoms with Gasteiger partial charge in [0.05, 0.1) is 0 Å². The second-order valence-electron chi connectivity index (χ2n) is 2.73. The molecule has 3 N–H and O–H groups in total. The average molecular weight is 158 g/mol. The largest absolute Gasteiger partial charge is 0.368 e. The van der Waals surface area contributed by atoms with Gasteiger partial charge in [-0.05, 0) is 13.3 Å². The van der Waals surface area contributed by atoms with E-state index in [-0.39, 0.29) is 5.91 Å². The Morgan fingerprint density at radius 1 is 1.55 bits per heavy atom. The van der Waals surface area contributed by atoms with Crippen molar-refractivity contribution >= 4 is 11.8 Å². The molecular formula is C7H14N2O2. The zero-order chi connectivity index (χ0) is 9.07. The third kappa shape index (κ3) is 2.57. The van der Waals surface area contributed by atoms with Crippen molar-refractivity contribution in [3.63, 3.8) is 0 Å². The van der Waals surface area contributed by atoms with Crippen molar-refractivity contribution in [2.24, 2.45) is 5.73 Å². The molecule has 4 heteroatoms. The number of nitrogens with two attached hydrogens (primary N) is 1. The fourth-order valence-electron chi connectivity index (χ4n) is 0.713. The predicted molar refractivity (Wildman–Crippen MR) is 41.7 cm³/mol. The topological polar surface area (TPSA) is 72.2 Å². The standard InChI is InChI=1S/C7H14N2O2/c1-4-7(3,6(8)11)9-5(2)10/h4H2,1-3H3,(H2,8,11)(H,9,10). The molecule has 0 bridgehead atoms. The predicted octanol–water partition coefficient (Wildman–Crippen LogP) is -0.223. The Kier molecular flexibility index (Phi) is 3.04. The van der Waals surface area contributed by atoms with E-state index in [0.29, 0.717) is 6.42 Å². The van der Waals surface area contributed by atoms with Crippen LogP contribution >= 0.6 is 0 Å². The molecule has 64 valence electrons. The first-order valence-corrected chi connectivity index (χ1v) is 3.51. The highest BCUT2D eigenvalue weighted by atomic mass is 16.2. The maximum absolute atomic E-state index is 10.8. The quantitative estimate of drug-likeness (QED) is 0.595. The van der Waals surface area contributed by atoms with Gasteiger partial charge in [-0.2, -0.15) is 0 Å². The smallest absolute Gasteiger partial charge is 0.242 e. The molecule has 0 aromatic rings. The van der Waals surface area contributed by atoms with Crippen LogP contribution in [0, 0.1) is 0 Å². The van der Waals surface area contributed by atoms with Crippen LogP contribution in [0.5, 0.6) is 0 Å². The van der Waals surface area contributed by atoms with Crippen LogP contribution in [-0.2, 0) is 9.59 Å². The Balaban J connectivity index is 4.34. The summed E-state index contributed by atoms with van der Waals surface area (Å²) in [6.07, 6.45) is 0.502. The summed E-state index contributed by atoms with van der Waals surface area (Å²) in [5.41, 5.74) is 4.18. The number of amides is 2. The van der Waals surface area contributed by atoms with E-state index < -0.39 is 11.4 Å². The summed E-state index contributed by atoms with van der Waals surface area (Å²) in [5, 5.41) is 2.49. The Labute approximate surface area is 66.1 Å². The first kappa shape index (κ1) is 9.94. The summed E-state index contributed by atoms with van der Waals surface area (Å²) in [4.78, 5) is 21.4. The lowest BCUT2D eigenvalue weighted by molar-refractivity contribution is -0.130. The minimum absolute atomic E-state index is 0.242. The summed E-state index contributed by atoms with van der Waals surface area (Å²) >= 11 is 0. The molecule has 0 spiro atoms. The molecule has 0 radical (unpaired) electrons. The van der Waals surface area contributed by atoms with E-state index in [1.807, 2.05) is 0 Å². The van der Waals surface area contributed by atoms with Gasteiger partial charge in [0.25, 0.3) is 0 Å². The van der Waals surface area contributed by atoms with E-state index in [4.69, 9.17) is 5.73 Å². The minimum Gasteiger partial charge on any atom is -0.368 e. The van der Waals surface area contributed by atoms with Crippen LogP contribution in [0.1, 0.15) is 27.2 Å². The molecule has 0 aliphatic carbocycles. The molecule has 0 aliphatic rings. The molecule has 0 aromatic heterocycles. The lowest BCUT2D eigenvalue weighted by Gasteiger charge is -2.24. The maximum atomic E-state index is 10.8. The van der Waals surface area contributed by atoms with Gasteiger partial charge < -0.3 is 11.1 Å². The van der Waals surface area contributed by atoms with Gasteiger partial charge in [0.2, 0.25) is 11.8 Å². The van der Waals surface area contributed by atoms with Crippen molar-refractivity contribution in [2.45, 2.75) is 32.7 Å². The maximum Gasteiger partial charge on any atom is 0.242 e. The number of hydrogen-bond acceptors (Lipinski definition) is 2. The van der Waals surface area contributed by atoms with Crippen molar-refractivity contribution in [2.75, 3.05) is 0 Å². The number of nitrogens with one attached hydrogen (secondary N) is 1. The van der Waals surface area contributed by atoms with Gasteiger partial charge in [-0.3, -0.25) is 9.59 Å². The summed E-state index contributed by atoms with van der Waals surface area (Å²) < 4.78 is 0. The molecule has 0 saturated heterocycles. The second-order valence-corrected chi connectivity index (χ2v) is 2.73. The number of primary amides is 1. The highest BCUT2D eigenvalue weighted by molar-refractivity contribution is 5.89. The van der Waals surface area contributed by atoms with Crippen molar-refractivity contribution in [1.29, 1.82) is 0 Å². The average Bonchev–Trinajstić information content (AvgIpc) is 1.86. The highest BCUT2D eigenvalue weighted by Gasteiger charge is 2.29. The van der Waals surface area contributed by atoms with Crippen LogP contribution in [0.3, 0.4) is 0 Å². The molecule has 0 rings (SSSR count). The molecule has 0 aromatic carbocycles. The summed E-state index contributed by atoms with van der Waals surface area (Å²) in [5.74, 6) is -0.747. The van der Waals surface area contributed by atoms with Crippen molar-refractivity contribution in [3.8, 4) is 0 Å². The molecule has 2 amide bonds. The summed E-state index contributed by atoms with van der Waals surface area (Å²) in [6, 6.07) is 0. The van der Waals surface area contributed by atoms with Gasteiger partial charge in [0, 0.05) is 6.92 Å².